The van der Waals surface area contributed by atoms with Gasteiger partial charge in [0.2, 0.25) is 0 Å². The number of esters is 2. The molecular weight excluding hydrogens is 324 g/mol. The molecule has 1 aromatic carbocycles. The minimum atomic E-state index is -0.703. The Morgan fingerprint density at radius 2 is 1.76 bits per heavy atom. The van der Waals surface area contributed by atoms with Crippen molar-refractivity contribution in [3.63, 3.8) is 0 Å². The molecular formula is C18H20N2O5. The number of hydrogen-bond donors (Lipinski definition) is 2. The second-order valence-corrected chi connectivity index (χ2v) is 5.46. The summed E-state index contributed by atoms with van der Waals surface area (Å²) in [4.78, 5) is 38.4. The molecule has 7 nitrogen and oxygen atoms in total. The summed E-state index contributed by atoms with van der Waals surface area (Å²) in [5.74, 6) is -1.65. The van der Waals surface area contributed by atoms with Crippen LogP contribution in [0.25, 0.3) is 0 Å². The SMILES string of the molecule is COC(=O)c1c(C)[nH]c(C(=O)OCC(=O)NCc2ccccc2)c1C. The lowest BCUT2D eigenvalue weighted by Gasteiger charge is -2.06. The van der Waals surface area contributed by atoms with Crippen molar-refractivity contribution in [2.45, 2.75) is 20.4 Å². The molecule has 2 aromatic rings. The van der Waals surface area contributed by atoms with Gasteiger partial charge in [-0.05, 0) is 25.0 Å². The fraction of sp³-hybridized carbons (Fsp3) is 0.278. The quantitative estimate of drug-likeness (QED) is 0.780. The first-order valence-electron chi connectivity index (χ1n) is 7.69. The summed E-state index contributed by atoms with van der Waals surface area (Å²) in [6, 6.07) is 9.39. The molecule has 1 aromatic heterocycles. The summed E-state index contributed by atoms with van der Waals surface area (Å²) >= 11 is 0. The normalized spacial score (nSPS) is 10.2. The Labute approximate surface area is 145 Å². The molecule has 1 amide bonds. The van der Waals surface area contributed by atoms with E-state index in [0.29, 0.717) is 23.4 Å². The first kappa shape index (κ1) is 18.3. The largest absolute Gasteiger partial charge is 0.465 e. The third-order valence-electron chi connectivity index (χ3n) is 3.70. The molecule has 2 N–H and O–H groups in total. The Morgan fingerprint density at radius 1 is 1.08 bits per heavy atom. The molecule has 0 unspecified atom stereocenters. The molecule has 0 aliphatic rings. The molecule has 25 heavy (non-hydrogen) atoms. The zero-order chi connectivity index (χ0) is 18.4. The zero-order valence-corrected chi connectivity index (χ0v) is 14.3. The third-order valence-corrected chi connectivity index (χ3v) is 3.70. The molecule has 0 spiro atoms. The van der Waals surface area contributed by atoms with Crippen LogP contribution in [0.15, 0.2) is 30.3 Å². The molecule has 1 heterocycles. The first-order chi connectivity index (χ1) is 11.9. The number of hydrogen-bond acceptors (Lipinski definition) is 5. The summed E-state index contributed by atoms with van der Waals surface area (Å²) in [7, 11) is 1.27. The summed E-state index contributed by atoms with van der Waals surface area (Å²) in [5, 5.41) is 2.66. The molecule has 7 heteroatoms. The molecule has 0 saturated carbocycles. The number of H-pyrrole nitrogens is 1. The summed E-state index contributed by atoms with van der Waals surface area (Å²) in [6.45, 7) is 3.21. The minimum Gasteiger partial charge on any atom is -0.465 e. The van der Waals surface area contributed by atoms with E-state index >= 15 is 0 Å². The monoisotopic (exact) mass is 344 g/mol. The van der Waals surface area contributed by atoms with Crippen molar-refractivity contribution in [2.75, 3.05) is 13.7 Å². The Balaban J connectivity index is 1.92. The van der Waals surface area contributed by atoms with Crippen LogP contribution in [0.3, 0.4) is 0 Å². The van der Waals surface area contributed by atoms with Crippen LogP contribution in [0.5, 0.6) is 0 Å². The zero-order valence-electron chi connectivity index (χ0n) is 14.3. The van der Waals surface area contributed by atoms with Crippen molar-refractivity contribution < 1.29 is 23.9 Å². The van der Waals surface area contributed by atoms with Crippen molar-refractivity contribution in [1.82, 2.24) is 10.3 Å². The maximum absolute atomic E-state index is 12.1. The predicted octanol–water partition coefficient (Wildman–Crippen LogP) is 1.89. The average Bonchev–Trinajstić information content (AvgIpc) is 2.92. The van der Waals surface area contributed by atoms with Gasteiger partial charge in [0.15, 0.2) is 6.61 Å². The highest BCUT2D eigenvalue weighted by Gasteiger charge is 2.23. The summed E-state index contributed by atoms with van der Waals surface area (Å²) < 4.78 is 9.69. The summed E-state index contributed by atoms with van der Waals surface area (Å²) in [5.41, 5.74) is 2.31. The maximum Gasteiger partial charge on any atom is 0.355 e. The molecule has 2 rings (SSSR count). The van der Waals surface area contributed by atoms with Crippen LogP contribution in [0, 0.1) is 13.8 Å². The highest BCUT2D eigenvalue weighted by Crippen LogP contribution is 2.19. The number of aryl methyl sites for hydroxylation is 1. The van der Waals surface area contributed by atoms with E-state index in [4.69, 9.17) is 4.74 Å². The van der Waals surface area contributed by atoms with Gasteiger partial charge in [0, 0.05) is 12.2 Å². The molecule has 0 aliphatic heterocycles. The second kappa shape index (κ2) is 8.14. The van der Waals surface area contributed by atoms with E-state index in [1.165, 1.54) is 7.11 Å². The van der Waals surface area contributed by atoms with Crippen molar-refractivity contribution in [2.24, 2.45) is 0 Å². The van der Waals surface area contributed by atoms with Gasteiger partial charge in [-0.1, -0.05) is 30.3 Å². The molecule has 0 aliphatic carbocycles. The third kappa shape index (κ3) is 4.47. The van der Waals surface area contributed by atoms with Crippen molar-refractivity contribution >= 4 is 17.8 Å². The van der Waals surface area contributed by atoms with Crippen LogP contribution in [-0.2, 0) is 20.8 Å². The van der Waals surface area contributed by atoms with E-state index < -0.39 is 24.5 Å². The molecule has 0 atom stereocenters. The second-order valence-electron chi connectivity index (χ2n) is 5.46. The van der Waals surface area contributed by atoms with E-state index in [1.807, 2.05) is 30.3 Å². The standard InChI is InChI=1S/C18H20N2O5/c1-11-15(17(22)24-3)12(2)20-16(11)18(23)25-10-14(21)19-9-13-7-5-4-6-8-13/h4-8,20H,9-10H2,1-3H3,(H,19,21). The van der Waals surface area contributed by atoms with E-state index in [9.17, 15) is 14.4 Å². The topological polar surface area (TPSA) is 97.5 Å². The van der Waals surface area contributed by atoms with Gasteiger partial charge in [-0.15, -0.1) is 0 Å². The average molecular weight is 344 g/mol. The number of carbonyl (C=O) groups is 3. The van der Waals surface area contributed by atoms with Crippen LogP contribution in [-0.4, -0.2) is 36.5 Å². The molecule has 0 saturated heterocycles. The van der Waals surface area contributed by atoms with Crippen LogP contribution in [0.4, 0.5) is 0 Å². The number of carbonyl (C=O) groups excluding carboxylic acids is 3. The van der Waals surface area contributed by atoms with E-state index in [0.717, 1.165) is 5.56 Å². The van der Waals surface area contributed by atoms with Crippen LogP contribution in [0.2, 0.25) is 0 Å². The van der Waals surface area contributed by atoms with Gasteiger partial charge in [-0.2, -0.15) is 0 Å². The predicted molar refractivity (Wildman–Crippen MR) is 90.2 cm³/mol. The Hall–Kier alpha value is -3.09. The molecule has 0 fully saturated rings. The fourth-order valence-electron chi connectivity index (χ4n) is 2.41. The number of rotatable bonds is 6. The molecule has 132 valence electrons. The van der Waals surface area contributed by atoms with Gasteiger partial charge >= 0.3 is 11.9 Å². The van der Waals surface area contributed by atoms with Crippen molar-refractivity contribution in [1.29, 1.82) is 0 Å². The van der Waals surface area contributed by atoms with E-state index in [-0.39, 0.29) is 5.69 Å². The van der Waals surface area contributed by atoms with Gasteiger partial charge in [0.05, 0.1) is 12.7 Å². The number of benzene rings is 1. The van der Waals surface area contributed by atoms with Gasteiger partial charge < -0.3 is 19.8 Å². The minimum absolute atomic E-state index is 0.133. The smallest absolute Gasteiger partial charge is 0.355 e. The summed E-state index contributed by atoms with van der Waals surface area (Å²) in [6.07, 6.45) is 0. The highest BCUT2D eigenvalue weighted by atomic mass is 16.5. The number of nitrogens with one attached hydrogen (secondary N) is 2. The first-order valence-corrected chi connectivity index (χ1v) is 7.69. The van der Waals surface area contributed by atoms with Crippen LogP contribution in [0.1, 0.15) is 37.7 Å². The highest BCUT2D eigenvalue weighted by molar-refractivity contribution is 5.99. The van der Waals surface area contributed by atoms with E-state index in [1.54, 1.807) is 13.8 Å². The number of methoxy groups -OCH3 is 1. The number of ether oxygens (including phenoxy) is 2. The maximum atomic E-state index is 12.1. The molecule has 0 radical (unpaired) electrons. The number of amides is 1. The van der Waals surface area contributed by atoms with Gasteiger partial charge in [-0.3, -0.25) is 4.79 Å². The van der Waals surface area contributed by atoms with E-state index in [2.05, 4.69) is 15.0 Å². The van der Waals surface area contributed by atoms with Crippen LogP contribution >= 0.6 is 0 Å². The Kier molecular flexibility index (Phi) is 5.94. The van der Waals surface area contributed by atoms with Gasteiger partial charge in [0.1, 0.15) is 5.69 Å². The van der Waals surface area contributed by atoms with Crippen molar-refractivity contribution in [3.05, 3.63) is 58.4 Å². The lowest BCUT2D eigenvalue weighted by atomic mass is 10.1. The number of aromatic nitrogens is 1. The van der Waals surface area contributed by atoms with Crippen molar-refractivity contribution in [3.8, 4) is 0 Å². The lowest BCUT2D eigenvalue weighted by molar-refractivity contribution is -0.124. The lowest BCUT2D eigenvalue weighted by Crippen LogP contribution is -2.28. The van der Waals surface area contributed by atoms with Gasteiger partial charge in [0.25, 0.3) is 5.91 Å². The Morgan fingerprint density at radius 3 is 2.40 bits per heavy atom. The number of aromatic amines is 1. The van der Waals surface area contributed by atoms with Gasteiger partial charge in [-0.25, -0.2) is 9.59 Å². The fourth-order valence-corrected chi connectivity index (χ4v) is 2.41. The molecule has 0 bridgehead atoms. The Bertz CT molecular complexity index is 780. The van der Waals surface area contributed by atoms with Crippen LogP contribution < -0.4 is 5.32 Å².